The van der Waals surface area contributed by atoms with Crippen LogP contribution < -0.4 is 10.1 Å². The third kappa shape index (κ3) is 5.38. The molecule has 21 heavy (non-hydrogen) atoms. The normalized spacial score (nSPS) is 15.3. The third-order valence-corrected chi connectivity index (χ3v) is 3.71. The van der Waals surface area contributed by atoms with Gasteiger partial charge in [-0.3, -0.25) is 4.79 Å². The number of ether oxygens (including phenoxy) is 1. The first kappa shape index (κ1) is 15.8. The van der Waals surface area contributed by atoms with Crippen LogP contribution in [0.25, 0.3) is 0 Å². The minimum atomic E-state index is 0.0975. The van der Waals surface area contributed by atoms with Gasteiger partial charge in [0.15, 0.2) is 6.61 Å². The highest BCUT2D eigenvalue weighted by Crippen LogP contribution is 2.13. The zero-order valence-electron chi connectivity index (χ0n) is 13.1. The molecule has 0 radical (unpaired) electrons. The second-order valence-corrected chi connectivity index (χ2v) is 5.91. The maximum Gasteiger partial charge on any atom is 0.260 e. The van der Waals surface area contributed by atoms with Crippen LogP contribution in [0.15, 0.2) is 24.3 Å². The molecular weight excluding hydrogens is 264 g/mol. The van der Waals surface area contributed by atoms with Gasteiger partial charge in [-0.05, 0) is 37.0 Å². The maximum absolute atomic E-state index is 12.0. The number of nitrogens with zero attached hydrogens (tertiary/aromatic N) is 1. The Bertz CT molecular complexity index is 437. The first-order valence-electron chi connectivity index (χ1n) is 7.88. The van der Waals surface area contributed by atoms with E-state index in [0.717, 1.165) is 38.2 Å². The first-order chi connectivity index (χ1) is 10.1. The lowest BCUT2D eigenvalue weighted by Gasteiger charge is -2.26. The van der Waals surface area contributed by atoms with Crippen LogP contribution in [0.5, 0.6) is 5.75 Å². The molecule has 116 valence electrons. The fraction of sp³-hybridized carbons (Fsp3) is 0.588. The number of amides is 1. The Morgan fingerprint density at radius 3 is 2.48 bits per heavy atom. The van der Waals surface area contributed by atoms with E-state index in [-0.39, 0.29) is 12.5 Å². The number of carbonyl (C=O) groups is 1. The topological polar surface area (TPSA) is 41.6 Å². The van der Waals surface area contributed by atoms with Crippen molar-refractivity contribution in [1.82, 2.24) is 10.2 Å². The Kier molecular flexibility index (Phi) is 6.05. The Balaban J connectivity index is 1.76. The summed E-state index contributed by atoms with van der Waals surface area (Å²) in [5.74, 6) is 0.855. The van der Waals surface area contributed by atoms with Crippen LogP contribution in [-0.2, 0) is 11.3 Å². The second kappa shape index (κ2) is 8.03. The Morgan fingerprint density at radius 2 is 1.86 bits per heavy atom. The number of benzene rings is 1. The molecule has 0 aliphatic carbocycles. The Morgan fingerprint density at radius 1 is 1.19 bits per heavy atom. The van der Waals surface area contributed by atoms with Gasteiger partial charge < -0.3 is 15.0 Å². The van der Waals surface area contributed by atoms with Gasteiger partial charge in [-0.25, -0.2) is 0 Å². The van der Waals surface area contributed by atoms with Crippen molar-refractivity contribution in [3.63, 3.8) is 0 Å². The van der Waals surface area contributed by atoms with Crippen molar-refractivity contribution in [1.29, 1.82) is 0 Å². The van der Waals surface area contributed by atoms with Crippen molar-refractivity contribution in [3.05, 3.63) is 29.8 Å². The van der Waals surface area contributed by atoms with Gasteiger partial charge in [-0.1, -0.05) is 26.0 Å². The van der Waals surface area contributed by atoms with Gasteiger partial charge in [-0.2, -0.15) is 0 Å². The molecule has 4 heteroatoms. The molecule has 1 aromatic carbocycles. The van der Waals surface area contributed by atoms with Gasteiger partial charge in [0.25, 0.3) is 5.91 Å². The number of rotatable bonds is 6. The smallest absolute Gasteiger partial charge is 0.260 e. The van der Waals surface area contributed by atoms with Crippen molar-refractivity contribution < 1.29 is 9.53 Å². The summed E-state index contributed by atoms with van der Waals surface area (Å²) < 4.78 is 5.59. The van der Waals surface area contributed by atoms with Crippen LogP contribution in [0, 0.1) is 0 Å². The minimum Gasteiger partial charge on any atom is -0.484 e. The summed E-state index contributed by atoms with van der Waals surface area (Å²) >= 11 is 0. The molecule has 1 saturated heterocycles. The molecule has 0 saturated carbocycles. The monoisotopic (exact) mass is 290 g/mol. The lowest BCUT2D eigenvalue weighted by atomic mass is 10.1. The van der Waals surface area contributed by atoms with Crippen molar-refractivity contribution in [2.45, 2.75) is 45.7 Å². The van der Waals surface area contributed by atoms with E-state index in [9.17, 15) is 4.79 Å². The van der Waals surface area contributed by atoms with Gasteiger partial charge in [0, 0.05) is 25.7 Å². The van der Waals surface area contributed by atoms with Gasteiger partial charge >= 0.3 is 0 Å². The summed E-state index contributed by atoms with van der Waals surface area (Å²) in [5.41, 5.74) is 1.22. The fourth-order valence-electron chi connectivity index (χ4n) is 2.41. The predicted octanol–water partition coefficient (Wildman–Crippen LogP) is 2.58. The molecule has 1 aliphatic rings. The lowest BCUT2D eigenvalue weighted by Crippen LogP contribution is -2.38. The maximum atomic E-state index is 12.0. The summed E-state index contributed by atoms with van der Waals surface area (Å²) in [7, 11) is 0. The van der Waals surface area contributed by atoms with Crippen LogP contribution in [-0.4, -0.2) is 36.5 Å². The number of likely N-dealkylation sites (tertiary alicyclic amines) is 1. The van der Waals surface area contributed by atoms with Crippen LogP contribution in [0.1, 0.15) is 38.7 Å². The van der Waals surface area contributed by atoms with E-state index >= 15 is 0 Å². The van der Waals surface area contributed by atoms with E-state index in [1.807, 2.05) is 29.2 Å². The molecule has 1 heterocycles. The molecule has 4 nitrogen and oxygen atoms in total. The molecule has 0 bridgehead atoms. The standard InChI is InChI=1S/C17H26N2O2/c1-14(2)18-12-15-6-8-16(9-7-15)21-13-17(20)19-10-4-3-5-11-19/h6-9,14,18H,3-5,10-13H2,1-2H3. The summed E-state index contributed by atoms with van der Waals surface area (Å²) in [4.78, 5) is 13.9. The van der Waals surface area contributed by atoms with Gasteiger partial charge in [0.1, 0.15) is 5.75 Å². The Hall–Kier alpha value is -1.55. The zero-order chi connectivity index (χ0) is 15.1. The van der Waals surface area contributed by atoms with E-state index in [4.69, 9.17) is 4.74 Å². The van der Waals surface area contributed by atoms with E-state index < -0.39 is 0 Å². The van der Waals surface area contributed by atoms with Crippen molar-refractivity contribution in [2.75, 3.05) is 19.7 Å². The van der Waals surface area contributed by atoms with E-state index in [2.05, 4.69) is 19.2 Å². The largest absolute Gasteiger partial charge is 0.484 e. The summed E-state index contributed by atoms with van der Waals surface area (Å²) in [6.07, 6.45) is 3.46. The second-order valence-electron chi connectivity index (χ2n) is 5.91. The predicted molar refractivity (Wildman–Crippen MR) is 84.3 cm³/mol. The number of hydrogen-bond acceptors (Lipinski definition) is 3. The van der Waals surface area contributed by atoms with Crippen molar-refractivity contribution in [2.24, 2.45) is 0 Å². The van der Waals surface area contributed by atoms with E-state index in [1.165, 1.54) is 12.0 Å². The van der Waals surface area contributed by atoms with Gasteiger partial charge in [0.2, 0.25) is 0 Å². The van der Waals surface area contributed by atoms with E-state index in [1.54, 1.807) is 0 Å². The van der Waals surface area contributed by atoms with Crippen molar-refractivity contribution >= 4 is 5.91 Å². The highest BCUT2D eigenvalue weighted by Gasteiger charge is 2.16. The fourth-order valence-corrected chi connectivity index (χ4v) is 2.41. The molecule has 0 spiro atoms. The molecule has 2 rings (SSSR count). The van der Waals surface area contributed by atoms with Crippen LogP contribution in [0.4, 0.5) is 0 Å². The molecular formula is C17H26N2O2. The molecule has 0 atom stereocenters. The molecule has 1 aliphatic heterocycles. The zero-order valence-corrected chi connectivity index (χ0v) is 13.1. The Labute approximate surface area is 127 Å². The average Bonchev–Trinajstić information content (AvgIpc) is 2.52. The van der Waals surface area contributed by atoms with E-state index in [0.29, 0.717) is 6.04 Å². The number of nitrogens with one attached hydrogen (secondary N) is 1. The van der Waals surface area contributed by atoms with Crippen LogP contribution >= 0.6 is 0 Å². The summed E-state index contributed by atoms with van der Waals surface area (Å²) in [5, 5.41) is 3.37. The highest BCUT2D eigenvalue weighted by molar-refractivity contribution is 5.77. The number of hydrogen-bond donors (Lipinski definition) is 1. The first-order valence-corrected chi connectivity index (χ1v) is 7.88. The minimum absolute atomic E-state index is 0.0975. The molecule has 1 fully saturated rings. The highest BCUT2D eigenvalue weighted by atomic mass is 16.5. The lowest BCUT2D eigenvalue weighted by molar-refractivity contribution is -0.134. The molecule has 1 aromatic rings. The van der Waals surface area contributed by atoms with Gasteiger partial charge in [-0.15, -0.1) is 0 Å². The van der Waals surface area contributed by atoms with Crippen LogP contribution in [0.2, 0.25) is 0 Å². The summed E-state index contributed by atoms with van der Waals surface area (Å²) in [6, 6.07) is 8.41. The SMILES string of the molecule is CC(C)NCc1ccc(OCC(=O)N2CCCCC2)cc1. The van der Waals surface area contributed by atoms with Crippen molar-refractivity contribution in [3.8, 4) is 5.75 Å². The summed E-state index contributed by atoms with van der Waals surface area (Å²) in [6.45, 7) is 7.01. The molecule has 0 unspecified atom stereocenters. The quantitative estimate of drug-likeness (QED) is 0.875. The number of piperidine rings is 1. The average molecular weight is 290 g/mol. The molecule has 0 aromatic heterocycles. The van der Waals surface area contributed by atoms with Crippen LogP contribution in [0.3, 0.4) is 0 Å². The molecule has 1 N–H and O–H groups in total. The van der Waals surface area contributed by atoms with Gasteiger partial charge in [0.05, 0.1) is 0 Å². The number of carbonyl (C=O) groups excluding carboxylic acids is 1. The molecule has 1 amide bonds. The third-order valence-electron chi connectivity index (χ3n) is 3.71.